The second-order valence-electron chi connectivity index (χ2n) is 4.58. The van der Waals surface area contributed by atoms with Crippen molar-refractivity contribution in [2.45, 2.75) is 27.2 Å². The van der Waals surface area contributed by atoms with E-state index in [0.29, 0.717) is 5.82 Å². The van der Waals surface area contributed by atoms with Gasteiger partial charge in [-0.3, -0.25) is 0 Å². The molecule has 4 heteroatoms. The molecule has 2 N–H and O–H groups in total. The number of rotatable bonds is 5. The molecule has 1 heterocycles. The van der Waals surface area contributed by atoms with E-state index >= 15 is 0 Å². The van der Waals surface area contributed by atoms with Crippen molar-refractivity contribution in [3.05, 3.63) is 23.9 Å². The highest BCUT2D eigenvalue weighted by molar-refractivity contribution is 5.85. The van der Waals surface area contributed by atoms with Crippen molar-refractivity contribution in [1.29, 1.82) is 0 Å². The number of hydrogen-bond acceptors (Lipinski definition) is 3. The maximum absolute atomic E-state index is 10.7. The van der Waals surface area contributed by atoms with Crippen LogP contribution >= 0.6 is 0 Å². The Morgan fingerprint density at radius 2 is 2.19 bits per heavy atom. The SMILES string of the molecule is CCC(C)(C)CNc1cccc(C(=O)O)n1. The predicted molar refractivity (Wildman–Crippen MR) is 63.8 cm³/mol. The van der Waals surface area contributed by atoms with Crippen LogP contribution in [0.3, 0.4) is 0 Å². The van der Waals surface area contributed by atoms with Crippen LogP contribution in [0.4, 0.5) is 5.82 Å². The lowest BCUT2D eigenvalue weighted by Gasteiger charge is -2.23. The first kappa shape index (κ1) is 12.5. The van der Waals surface area contributed by atoms with Gasteiger partial charge in [0.25, 0.3) is 0 Å². The normalized spacial score (nSPS) is 11.2. The van der Waals surface area contributed by atoms with Crippen molar-refractivity contribution >= 4 is 11.8 Å². The highest BCUT2D eigenvalue weighted by atomic mass is 16.4. The molecule has 0 spiro atoms. The highest BCUT2D eigenvalue weighted by Crippen LogP contribution is 2.19. The monoisotopic (exact) mass is 222 g/mol. The van der Waals surface area contributed by atoms with Crippen LogP contribution in [0.5, 0.6) is 0 Å². The number of nitrogens with one attached hydrogen (secondary N) is 1. The zero-order valence-corrected chi connectivity index (χ0v) is 9.95. The Labute approximate surface area is 95.7 Å². The molecule has 0 amide bonds. The summed E-state index contributed by atoms with van der Waals surface area (Å²) in [7, 11) is 0. The Balaban J connectivity index is 2.68. The zero-order valence-electron chi connectivity index (χ0n) is 9.95. The fourth-order valence-corrected chi connectivity index (χ4v) is 1.11. The van der Waals surface area contributed by atoms with Crippen molar-refractivity contribution in [2.75, 3.05) is 11.9 Å². The van der Waals surface area contributed by atoms with Crippen molar-refractivity contribution in [1.82, 2.24) is 4.98 Å². The van der Waals surface area contributed by atoms with E-state index in [1.807, 2.05) is 0 Å². The molecule has 0 saturated carbocycles. The number of aromatic carboxylic acids is 1. The third-order valence-corrected chi connectivity index (χ3v) is 2.67. The smallest absolute Gasteiger partial charge is 0.354 e. The second-order valence-corrected chi connectivity index (χ2v) is 4.58. The summed E-state index contributed by atoms with van der Waals surface area (Å²) in [6, 6.07) is 4.95. The highest BCUT2D eigenvalue weighted by Gasteiger charge is 2.15. The van der Waals surface area contributed by atoms with E-state index in [2.05, 4.69) is 31.1 Å². The summed E-state index contributed by atoms with van der Waals surface area (Å²) < 4.78 is 0. The van der Waals surface area contributed by atoms with Gasteiger partial charge in [-0.05, 0) is 24.0 Å². The van der Waals surface area contributed by atoms with Crippen LogP contribution in [0.25, 0.3) is 0 Å². The molecule has 0 bridgehead atoms. The third-order valence-electron chi connectivity index (χ3n) is 2.67. The summed E-state index contributed by atoms with van der Waals surface area (Å²) >= 11 is 0. The minimum absolute atomic E-state index is 0.0688. The van der Waals surface area contributed by atoms with Gasteiger partial charge in [-0.15, -0.1) is 0 Å². The lowest BCUT2D eigenvalue weighted by molar-refractivity contribution is 0.0690. The molecule has 0 radical (unpaired) electrons. The van der Waals surface area contributed by atoms with E-state index in [1.54, 1.807) is 12.1 Å². The van der Waals surface area contributed by atoms with Crippen LogP contribution in [0.1, 0.15) is 37.7 Å². The quantitative estimate of drug-likeness (QED) is 0.804. The van der Waals surface area contributed by atoms with E-state index in [9.17, 15) is 4.79 Å². The number of carboxylic acid groups (broad SMARTS) is 1. The maximum Gasteiger partial charge on any atom is 0.354 e. The number of hydrogen-bond donors (Lipinski definition) is 2. The molecule has 1 rings (SSSR count). The van der Waals surface area contributed by atoms with E-state index in [4.69, 9.17) is 5.11 Å². The molecule has 1 aromatic rings. The fraction of sp³-hybridized carbons (Fsp3) is 0.500. The average Bonchev–Trinajstić information content (AvgIpc) is 2.27. The first-order valence-electron chi connectivity index (χ1n) is 5.39. The molecule has 88 valence electrons. The number of carbonyl (C=O) groups is 1. The molecule has 0 aliphatic rings. The van der Waals surface area contributed by atoms with Crippen LogP contribution in [-0.4, -0.2) is 22.6 Å². The van der Waals surface area contributed by atoms with Crippen molar-refractivity contribution < 1.29 is 9.90 Å². The van der Waals surface area contributed by atoms with Crippen molar-refractivity contribution in [2.24, 2.45) is 5.41 Å². The number of aromatic nitrogens is 1. The first-order valence-corrected chi connectivity index (χ1v) is 5.39. The van der Waals surface area contributed by atoms with E-state index < -0.39 is 5.97 Å². The molecule has 0 unspecified atom stereocenters. The maximum atomic E-state index is 10.7. The first-order chi connectivity index (χ1) is 7.44. The molecule has 0 atom stereocenters. The van der Waals surface area contributed by atoms with Crippen LogP contribution in [-0.2, 0) is 0 Å². The third kappa shape index (κ3) is 3.53. The number of anilines is 1. The number of nitrogens with zero attached hydrogens (tertiary/aromatic N) is 1. The van der Waals surface area contributed by atoms with Gasteiger partial charge in [-0.1, -0.05) is 26.8 Å². The second kappa shape index (κ2) is 4.96. The van der Waals surface area contributed by atoms with Crippen LogP contribution in [0, 0.1) is 5.41 Å². The van der Waals surface area contributed by atoms with E-state index in [-0.39, 0.29) is 11.1 Å². The van der Waals surface area contributed by atoms with Gasteiger partial charge in [-0.25, -0.2) is 9.78 Å². The van der Waals surface area contributed by atoms with Crippen LogP contribution in [0.15, 0.2) is 18.2 Å². The van der Waals surface area contributed by atoms with Crippen LogP contribution < -0.4 is 5.32 Å². The Hall–Kier alpha value is -1.58. The molecular weight excluding hydrogens is 204 g/mol. The standard InChI is InChI=1S/C12H18N2O2/c1-4-12(2,3)8-13-10-7-5-6-9(14-10)11(15)16/h5-7H,4,8H2,1-3H3,(H,13,14)(H,15,16). The van der Waals surface area contributed by atoms with Gasteiger partial charge in [0.2, 0.25) is 0 Å². The Kier molecular flexibility index (Phi) is 3.88. The molecule has 16 heavy (non-hydrogen) atoms. The van der Waals surface area contributed by atoms with Gasteiger partial charge in [0.1, 0.15) is 5.82 Å². The zero-order chi connectivity index (χ0) is 12.2. The van der Waals surface area contributed by atoms with E-state index in [0.717, 1.165) is 13.0 Å². The van der Waals surface area contributed by atoms with Gasteiger partial charge < -0.3 is 10.4 Å². The minimum atomic E-state index is -1.00. The summed E-state index contributed by atoms with van der Waals surface area (Å²) in [4.78, 5) is 14.7. The van der Waals surface area contributed by atoms with Gasteiger partial charge in [-0.2, -0.15) is 0 Å². The van der Waals surface area contributed by atoms with Gasteiger partial charge in [0.15, 0.2) is 5.69 Å². The minimum Gasteiger partial charge on any atom is -0.477 e. The molecular formula is C12H18N2O2. The molecule has 0 fully saturated rings. The lowest BCUT2D eigenvalue weighted by atomic mass is 9.90. The molecule has 0 saturated heterocycles. The molecule has 1 aromatic heterocycles. The Morgan fingerprint density at radius 1 is 1.50 bits per heavy atom. The Bertz CT molecular complexity index is 375. The summed E-state index contributed by atoms with van der Waals surface area (Å²) in [5.74, 6) is -0.389. The largest absolute Gasteiger partial charge is 0.477 e. The van der Waals surface area contributed by atoms with Crippen LogP contribution in [0.2, 0.25) is 0 Å². The van der Waals surface area contributed by atoms with E-state index in [1.165, 1.54) is 6.07 Å². The predicted octanol–water partition coefficient (Wildman–Crippen LogP) is 2.63. The van der Waals surface area contributed by atoms with Gasteiger partial charge in [0, 0.05) is 6.54 Å². The lowest BCUT2D eigenvalue weighted by Crippen LogP contribution is -2.22. The fourth-order valence-electron chi connectivity index (χ4n) is 1.11. The topological polar surface area (TPSA) is 62.2 Å². The van der Waals surface area contributed by atoms with Crippen molar-refractivity contribution in [3.8, 4) is 0 Å². The molecule has 0 aliphatic carbocycles. The summed E-state index contributed by atoms with van der Waals surface area (Å²) in [6.07, 6.45) is 1.05. The number of carboxylic acids is 1. The molecule has 0 aromatic carbocycles. The summed E-state index contributed by atoms with van der Waals surface area (Å²) in [5.41, 5.74) is 0.250. The van der Waals surface area contributed by atoms with Crippen molar-refractivity contribution in [3.63, 3.8) is 0 Å². The molecule has 0 aliphatic heterocycles. The summed E-state index contributed by atoms with van der Waals surface area (Å²) in [6.45, 7) is 7.21. The average molecular weight is 222 g/mol. The number of pyridine rings is 1. The molecule has 4 nitrogen and oxygen atoms in total. The Morgan fingerprint density at radius 3 is 2.75 bits per heavy atom. The van der Waals surface area contributed by atoms with Gasteiger partial charge >= 0.3 is 5.97 Å². The summed E-state index contributed by atoms with van der Waals surface area (Å²) in [5, 5.41) is 11.9. The van der Waals surface area contributed by atoms with Gasteiger partial charge in [0.05, 0.1) is 0 Å².